The Morgan fingerprint density at radius 3 is 1.91 bits per heavy atom. The first kappa shape index (κ1) is 37.7. The Kier molecular flexibility index (Phi) is 13.6. The zero-order valence-electron chi connectivity index (χ0n) is 26.1. The van der Waals surface area contributed by atoms with Crippen LogP contribution in [0.2, 0.25) is 0 Å². The Balaban J connectivity index is 2.09. The summed E-state index contributed by atoms with van der Waals surface area (Å²) in [5, 5.41) is 12.8. The third-order valence-electron chi connectivity index (χ3n) is 7.04. The van der Waals surface area contributed by atoms with Gasteiger partial charge in [0.1, 0.15) is 11.5 Å². The molecule has 0 fully saturated rings. The molecule has 0 aromatic heterocycles. The molecule has 1 atom stereocenters. The molecule has 0 aliphatic rings. The SMILES string of the molecule is CCCc1cc(C(O)(C(F)(F)F)C(F)(F)F)cc(CCC)c1OCCCCN(C=O)C(=O)NC(C)c1ccc(OC(C)C)cc1. The van der Waals surface area contributed by atoms with E-state index in [1.54, 1.807) is 32.9 Å². The van der Waals surface area contributed by atoms with Crippen LogP contribution in [0.15, 0.2) is 36.4 Å². The molecule has 2 aromatic rings. The molecular weight excluding hydrogens is 606 g/mol. The van der Waals surface area contributed by atoms with Gasteiger partial charge >= 0.3 is 18.4 Å². The second-order valence-corrected chi connectivity index (χ2v) is 11.1. The number of halogens is 6. The molecule has 0 bridgehead atoms. The summed E-state index contributed by atoms with van der Waals surface area (Å²) in [5.41, 5.74) is -5.29. The number of benzene rings is 2. The highest BCUT2D eigenvalue weighted by atomic mass is 19.4. The number of nitrogens with one attached hydrogen (secondary N) is 1. The minimum atomic E-state index is -6.00. The van der Waals surface area contributed by atoms with Gasteiger partial charge in [-0.25, -0.2) is 4.79 Å². The van der Waals surface area contributed by atoms with Crippen LogP contribution in [-0.2, 0) is 23.2 Å². The topological polar surface area (TPSA) is 88.1 Å². The zero-order valence-corrected chi connectivity index (χ0v) is 26.1. The number of imide groups is 1. The van der Waals surface area contributed by atoms with Gasteiger partial charge in [-0.15, -0.1) is 0 Å². The van der Waals surface area contributed by atoms with Crippen molar-refractivity contribution in [2.45, 2.75) is 103 Å². The molecule has 2 N–H and O–H groups in total. The van der Waals surface area contributed by atoms with Crippen molar-refractivity contribution in [3.05, 3.63) is 58.7 Å². The van der Waals surface area contributed by atoms with Gasteiger partial charge in [0.05, 0.1) is 18.8 Å². The molecule has 1 unspecified atom stereocenters. The Bertz CT molecular complexity index is 1210. The molecule has 0 saturated heterocycles. The van der Waals surface area contributed by atoms with Crippen LogP contribution in [0.4, 0.5) is 31.1 Å². The van der Waals surface area contributed by atoms with Crippen LogP contribution in [0.1, 0.15) is 88.6 Å². The van der Waals surface area contributed by atoms with Crippen LogP contribution < -0.4 is 14.8 Å². The van der Waals surface area contributed by atoms with E-state index < -0.39 is 35.6 Å². The third-order valence-corrected chi connectivity index (χ3v) is 7.04. The average Bonchev–Trinajstić information content (AvgIpc) is 2.94. The Morgan fingerprint density at radius 2 is 1.47 bits per heavy atom. The van der Waals surface area contributed by atoms with Crippen molar-refractivity contribution in [2.24, 2.45) is 0 Å². The average molecular weight is 649 g/mol. The first-order valence-corrected chi connectivity index (χ1v) is 14.9. The lowest BCUT2D eigenvalue weighted by atomic mass is 9.87. The molecule has 7 nitrogen and oxygen atoms in total. The second-order valence-electron chi connectivity index (χ2n) is 11.1. The van der Waals surface area contributed by atoms with Crippen LogP contribution in [0, 0.1) is 0 Å². The van der Waals surface area contributed by atoms with Crippen LogP contribution >= 0.6 is 0 Å². The van der Waals surface area contributed by atoms with Crippen LogP contribution in [0.5, 0.6) is 11.5 Å². The molecule has 2 aromatic carbocycles. The van der Waals surface area contributed by atoms with Crippen molar-refractivity contribution in [1.82, 2.24) is 10.2 Å². The van der Waals surface area contributed by atoms with Crippen molar-refractivity contribution < 1.29 is 50.5 Å². The summed E-state index contributed by atoms with van der Waals surface area (Å²) in [5.74, 6) is 0.866. The molecule has 252 valence electrons. The van der Waals surface area contributed by atoms with Gasteiger partial charge in [0.2, 0.25) is 6.41 Å². The van der Waals surface area contributed by atoms with Gasteiger partial charge in [-0.2, -0.15) is 26.3 Å². The molecule has 13 heteroatoms. The standard InChI is InChI=1S/C32H42F6N2O5/c1-6-10-24-18-26(30(43,31(33,34)35)32(36,37)38)19-25(11-7-2)28(24)44-17-9-8-16-40(20-41)29(42)39-22(5)23-12-14-27(15-13-23)45-21(3)4/h12-15,18-22,43H,6-11,16-17H2,1-5H3,(H,39,42). The fraction of sp³-hybridized carbons (Fsp3) is 0.562. The molecule has 0 saturated carbocycles. The largest absolute Gasteiger partial charge is 0.493 e. The monoisotopic (exact) mass is 648 g/mol. The summed E-state index contributed by atoms with van der Waals surface area (Å²) in [7, 11) is 0. The molecule has 0 aliphatic heterocycles. The van der Waals surface area contributed by atoms with Crippen LogP contribution in [0.25, 0.3) is 0 Å². The maximum Gasteiger partial charge on any atom is 0.430 e. The number of unbranched alkanes of at least 4 members (excludes halogenated alkanes) is 1. The number of hydrogen-bond acceptors (Lipinski definition) is 5. The Hall–Kier alpha value is -3.48. The summed E-state index contributed by atoms with van der Waals surface area (Å²) in [4.78, 5) is 25.3. The normalized spacial score (nSPS) is 13.0. The number of amides is 3. The number of hydrogen-bond donors (Lipinski definition) is 2. The van der Waals surface area contributed by atoms with E-state index in [2.05, 4.69) is 5.32 Å². The van der Waals surface area contributed by atoms with Gasteiger partial charge < -0.3 is 19.9 Å². The van der Waals surface area contributed by atoms with Crippen molar-refractivity contribution in [2.75, 3.05) is 13.2 Å². The third kappa shape index (κ3) is 9.75. The number of nitrogens with zero attached hydrogens (tertiary/aromatic N) is 1. The molecular formula is C32H42F6N2O5. The summed E-state index contributed by atoms with van der Waals surface area (Å²) in [6.45, 7) is 9.10. The summed E-state index contributed by atoms with van der Waals surface area (Å²) >= 11 is 0. The van der Waals surface area contributed by atoms with Gasteiger partial charge in [-0.3, -0.25) is 9.69 Å². The zero-order chi connectivity index (χ0) is 34.0. The van der Waals surface area contributed by atoms with E-state index >= 15 is 0 Å². The lowest BCUT2D eigenvalue weighted by molar-refractivity contribution is -0.376. The highest BCUT2D eigenvalue weighted by Gasteiger charge is 2.71. The van der Waals surface area contributed by atoms with E-state index in [0.717, 1.165) is 10.5 Å². The van der Waals surface area contributed by atoms with Crippen molar-refractivity contribution >= 4 is 12.4 Å². The number of carbonyl (C=O) groups is 2. The smallest absolute Gasteiger partial charge is 0.430 e. The number of aryl methyl sites for hydroxylation is 2. The molecule has 0 heterocycles. The number of carbonyl (C=O) groups excluding carboxylic acids is 2. The highest BCUT2D eigenvalue weighted by molar-refractivity contribution is 5.84. The number of aliphatic hydroxyl groups is 1. The lowest BCUT2D eigenvalue weighted by Gasteiger charge is -2.33. The van der Waals surface area contributed by atoms with E-state index in [9.17, 15) is 41.0 Å². The summed E-state index contributed by atoms with van der Waals surface area (Å²) in [6, 6.07) is 7.61. The van der Waals surface area contributed by atoms with E-state index in [1.807, 2.05) is 26.0 Å². The van der Waals surface area contributed by atoms with Gasteiger partial charge in [-0.1, -0.05) is 38.8 Å². The number of rotatable bonds is 16. The molecule has 2 rings (SSSR count). The molecule has 3 amide bonds. The van der Waals surface area contributed by atoms with Crippen LogP contribution in [-0.4, -0.2) is 54.1 Å². The van der Waals surface area contributed by atoms with Crippen molar-refractivity contribution in [3.8, 4) is 11.5 Å². The minimum absolute atomic E-state index is 0.0138. The van der Waals surface area contributed by atoms with Gasteiger partial charge in [0.25, 0.3) is 5.60 Å². The fourth-order valence-corrected chi connectivity index (χ4v) is 4.77. The second kappa shape index (κ2) is 16.2. The maximum absolute atomic E-state index is 13.6. The summed E-state index contributed by atoms with van der Waals surface area (Å²) in [6.07, 6.45) is -9.87. The Labute approximate surface area is 259 Å². The lowest BCUT2D eigenvalue weighted by Crippen LogP contribution is -2.54. The van der Waals surface area contributed by atoms with E-state index in [0.29, 0.717) is 50.0 Å². The van der Waals surface area contributed by atoms with Gasteiger partial charge in [0.15, 0.2) is 0 Å². The predicted octanol–water partition coefficient (Wildman–Crippen LogP) is 7.78. The molecule has 0 aliphatic carbocycles. The van der Waals surface area contributed by atoms with Crippen LogP contribution in [0.3, 0.4) is 0 Å². The number of ether oxygens (including phenoxy) is 2. The van der Waals surface area contributed by atoms with Crippen molar-refractivity contribution in [3.63, 3.8) is 0 Å². The Morgan fingerprint density at radius 1 is 0.933 bits per heavy atom. The van der Waals surface area contributed by atoms with Gasteiger partial charge in [0, 0.05) is 12.1 Å². The highest BCUT2D eigenvalue weighted by Crippen LogP contribution is 2.51. The quantitative estimate of drug-likeness (QED) is 0.110. The molecule has 0 radical (unpaired) electrons. The van der Waals surface area contributed by atoms with E-state index in [4.69, 9.17) is 9.47 Å². The number of alkyl halides is 6. The minimum Gasteiger partial charge on any atom is -0.493 e. The van der Waals surface area contributed by atoms with E-state index in [1.165, 1.54) is 0 Å². The fourth-order valence-electron chi connectivity index (χ4n) is 4.77. The van der Waals surface area contributed by atoms with Gasteiger partial charge in [-0.05, 0) is 87.4 Å². The maximum atomic E-state index is 13.6. The first-order chi connectivity index (χ1) is 21.0. The predicted molar refractivity (Wildman–Crippen MR) is 157 cm³/mol. The number of urea groups is 1. The first-order valence-electron chi connectivity index (χ1n) is 14.9. The van der Waals surface area contributed by atoms with E-state index in [-0.39, 0.29) is 49.0 Å². The summed E-state index contributed by atoms with van der Waals surface area (Å²) < 4.78 is 93.1. The van der Waals surface area contributed by atoms with Crippen molar-refractivity contribution in [1.29, 1.82) is 0 Å². The molecule has 45 heavy (non-hydrogen) atoms. The molecule has 0 spiro atoms.